The molecule has 0 radical (unpaired) electrons. The predicted molar refractivity (Wildman–Crippen MR) is 63.7 cm³/mol. The average Bonchev–Trinajstić information content (AvgIpc) is 2.81. The molecule has 90 valence electrons. The largest absolute Gasteiger partial charge is 0.486 e. The number of fused-ring (bicyclic) bond motifs is 1. The molecule has 5 heteroatoms. The van der Waals surface area contributed by atoms with Gasteiger partial charge in [-0.1, -0.05) is 6.07 Å². The fourth-order valence-electron chi connectivity index (χ4n) is 1.62. The van der Waals surface area contributed by atoms with Crippen molar-refractivity contribution in [2.24, 2.45) is 0 Å². The Labute approximate surface area is 103 Å². The van der Waals surface area contributed by atoms with Gasteiger partial charge in [-0.25, -0.2) is 13.9 Å². The van der Waals surface area contributed by atoms with Crippen LogP contribution in [0.15, 0.2) is 48.7 Å². The van der Waals surface area contributed by atoms with Gasteiger partial charge in [0.15, 0.2) is 11.5 Å². The summed E-state index contributed by atoms with van der Waals surface area (Å²) in [5.74, 6) is 0.897. The number of ether oxygens (including phenoxy) is 1. The molecule has 0 unspecified atom stereocenters. The van der Waals surface area contributed by atoms with Crippen LogP contribution in [0.2, 0.25) is 0 Å². The summed E-state index contributed by atoms with van der Waals surface area (Å²) in [7, 11) is 0. The molecule has 0 aliphatic heterocycles. The van der Waals surface area contributed by atoms with Gasteiger partial charge in [-0.15, -0.1) is 5.10 Å². The molecule has 2 aromatic heterocycles. The maximum absolute atomic E-state index is 12.7. The zero-order valence-electron chi connectivity index (χ0n) is 9.45. The molecule has 0 bridgehead atoms. The smallest absolute Gasteiger partial charge is 0.189 e. The average molecular weight is 243 g/mol. The molecule has 0 saturated carbocycles. The van der Waals surface area contributed by atoms with E-state index in [1.165, 1.54) is 12.1 Å². The van der Waals surface area contributed by atoms with E-state index < -0.39 is 0 Å². The molecular weight excluding hydrogens is 233 g/mol. The number of aromatic nitrogens is 3. The van der Waals surface area contributed by atoms with Crippen LogP contribution in [0.1, 0.15) is 5.82 Å². The Bertz CT molecular complexity index is 630. The quantitative estimate of drug-likeness (QED) is 0.709. The minimum absolute atomic E-state index is 0.257. The first-order valence-corrected chi connectivity index (χ1v) is 5.50. The second kappa shape index (κ2) is 4.44. The molecule has 3 aromatic rings. The summed E-state index contributed by atoms with van der Waals surface area (Å²) in [5, 5.41) is 4.25. The summed E-state index contributed by atoms with van der Waals surface area (Å²) in [5.41, 5.74) is 0.773. The van der Waals surface area contributed by atoms with Crippen LogP contribution in [0, 0.1) is 5.82 Å². The van der Waals surface area contributed by atoms with Gasteiger partial charge in [-0.05, 0) is 36.4 Å². The van der Waals surface area contributed by atoms with Crippen molar-refractivity contribution in [1.29, 1.82) is 0 Å². The van der Waals surface area contributed by atoms with Crippen molar-refractivity contribution in [2.75, 3.05) is 0 Å². The molecule has 1 aromatic carbocycles. The minimum Gasteiger partial charge on any atom is -0.486 e. The predicted octanol–water partition coefficient (Wildman–Crippen LogP) is 2.45. The summed E-state index contributed by atoms with van der Waals surface area (Å²) in [4.78, 5) is 4.30. The molecular formula is C13H10FN3O. The van der Waals surface area contributed by atoms with Gasteiger partial charge in [0, 0.05) is 6.20 Å². The first kappa shape index (κ1) is 10.7. The van der Waals surface area contributed by atoms with Crippen molar-refractivity contribution in [2.45, 2.75) is 6.61 Å². The molecule has 2 heterocycles. The third kappa shape index (κ3) is 2.15. The highest BCUT2D eigenvalue weighted by atomic mass is 19.1. The van der Waals surface area contributed by atoms with Crippen LogP contribution >= 0.6 is 0 Å². The molecule has 18 heavy (non-hydrogen) atoms. The fourth-order valence-corrected chi connectivity index (χ4v) is 1.62. The molecule has 0 fully saturated rings. The van der Waals surface area contributed by atoms with Crippen molar-refractivity contribution < 1.29 is 9.13 Å². The Balaban J connectivity index is 1.74. The number of nitrogens with zero attached hydrogens (tertiary/aromatic N) is 3. The topological polar surface area (TPSA) is 39.4 Å². The van der Waals surface area contributed by atoms with E-state index in [-0.39, 0.29) is 12.4 Å². The summed E-state index contributed by atoms with van der Waals surface area (Å²) >= 11 is 0. The standard InChI is InChI=1S/C13H10FN3O/c14-10-4-6-11(7-5-10)18-9-12-15-13-3-1-2-8-17(13)16-12/h1-8H,9H2. The van der Waals surface area contributed by atoms with Gasteiger partial charge in [-0.2, -0.15) is 0 Å². The van der Waals surface area contributed by atoms with Crippen LogP contribution in [0.25, 0.3) is 5.65 Å². The number of hydrogen-bond donors (Lipinski definition) is 0. The van der Waals surface area contributed by atoms with Gasteiger partial charge in [0.05, 0.1) is 0 Å². The van der Waals surface area contributed by atoms with Gasteiger partial charge >= 0.3 is 0 Å². The van der Waals surface area contributed by atoms with E-state index >= 15 is 0 Å². The second-order valence-electron chi connectivity index (χ2n) is 3.77. The Kier molecular flexibility index (Phi) is 2.64. The summed E-state index contributed by atoms with van der Waals surface area (Å²) in [6.07, 6.45) is 1.82. The zero-order chi connectivity index (χ0) is 12.4. The van der Waals surface area contributed by atoms with Crippen molar-refractivity contribution in [3.8, 4) is 5.75 Å². The Morgan fingerprint density at radius 2 is 1.94 bits per heavy atom. The van der Waals surface area contributed by atoms with Crippen molar-refractivity contribution in [3.05, 3.63) is 60.3 Å². The number of halogens is 1. The van der Waals surface area contributed by atoms with E-state index in [4.69, 9.17) is 4.74 Å². The Morgan fingerprint density at radius 1 is 1.11 bits per heavy atom. The van der Waals surface area contributed by atoms with Crippen LogP contribution in [0.5, 0.6) is 5.75 Å². The van der Waals surface area contributed by atoms with E-state index in [1.807, 2.05) is 24.4 Å². The highest BCUT2D eigenvalue weighted by Gasteiger charge is 2.03. The van der Waals surface area contributed by atoms with E-state index in [0.717, 1.165) is 5.65 Å². The Morgan fingerprint density at radius 3 is 2.72 bits per heavy atom. The highest BCUT2D eigenvalue weighted by molar-refractivity contribution is 5.36. The van der Waals surface area contributed by atoms with Gasteiger partial charge in [0.25, 0.3) is 0 Å². The minimum atomic E-state index is -0.284. The lowest BCUT2D eigenvalue weighted by Crippen LogP contribution is -1.98. The first-order chi connectivity index (χ1) is 8.81. The van der Waals surface area contributed by atoms with E-state index in [1.54, 1.807) is 16.6 Å². The molecule has 0 atom stereocenters. The van der Waals surface area contributed by atoms with E-state index in [9.17, 15) is 4.39 Å². The molecule has 0 aliphatic rings. The first-order valence-electron chi connectivity index (χ1n) is 5.50. The van der Waals surface area contributed by atoms with Crippen molar-refractivity contribution >= 4 is 5.65 Å². The zero-order valence-corrected chi connectivity index (χ0v) is 9.45. The van der Waals surface area contributed by atoms with E-state index in [0.29, 0.717) is 11.6 Å². The molecule has 0 N–H and O–H groups in total. The lowest BCUT2D eigenvalue weighted by atomic mass is 10.3. The molecule has 0 aliphatic carbocycles. The summed E-state index contributed by atoms with van der Waals surface area (Å²) < 4.78 is 19.9. The normalized spacial score (nSPS) is 10.7. The Hall–Kier alpha value is -2.43. The SMILES string of the molecule is Fc1ccc(OCc2nc3ccccn3n2)cc1. The molecule has 4 nitrogen and oxygen atoms in total. The molecule has 0 spiro atoms. The van der Waals surface area contributed by atoms with Crippen LogP contribution in [0.3, 0.4) is 0 Å². The molecule has 0 amide bonds. The third-order valence-corrected chi connectivity index (χ3v) is 2.47. The summed E-state index contributed by atoms with van der Waals surface area (Å²) in [6, 6.07) is 11.5. The van der Waals surface area contributed by atoms with Gasteiger partial charge < -0.3 is 4.74 Å². The maximum Gasteiger partial charge on any atom is 0.189 e. The molecule has 0 saturated heterocycles. The highest BCUT2D eigenvalue weighted by Crippen LogP contribution is 2.12. The van der Waals surface area contributed by atoms with Crippen molar-refractivity contribution in [3.63, 3.8) is 0 Å². The lowest BCUT2D eigenvalue weighted by Gasteiger charge is -2.02. The third-order valence-electron chi connectivity index (χ3n) is 2.47. The maximum atomic E-state index is 12.7. The number of pyridine rings is 1. The van der Waals surface area contributed by atoms with Crippen molar-refractivity contribution in [1.82, 2.24) is 14.6 Å². The number of rotatable bonds is 3. The van der Waals surface area contributed by atoms with Gasteiger partial charge in [0.2, 0.25) is 0 Å². The van der Waals surface area contributed by atoms with Crippen LogP contribution in [0.4, 0.5) is 4.39 Å². The summed E-state index contributed by atoms with van der Waals surface area (Å²) in [6.45, 7) is 0.257. The van der Waals surface area contributed by atoms with E-state index in [2.05, 4.69) is 10.1 Å². The van der Waals surface area contributed by atoms with Gasteiger partial charge in [0.1, 0.15) is 18.2 Å². The fraction of sp³-hybridized carbons (Fsp3) is 0.0769. The number of benzene rings is 1. The molecule has 3 rings (SSSR count). The number of hydrogen-bond acceptors (Lipinski definition) is 3. The van der Waals surface area contributed by atoms with Gasteiger partial charge in [-0.3, -0.25) is 0 Å². The monoisotopic (exact) mass is 243 g/mol. The second-order valence-corrected chi connectivity index (χ2v) is 3.77. The lowest BCUT2D eigenvalue weighted by molar-refractivity contribution is 0.295. The van der Waals surface area contributed by atoms with Crippen LogP contribution < -0.4 is 4.74 Å². The van der Waals surface area contributed by atoms with Crippen LogP contribution in [-0.4, -0.2) is 14.6 Å². The van der Waals surface area contributed by atoms with Crippen LogP contribution in [-0.2, 0) is 6.61 Å².